The number of amides is 1. The molecule has 1 heterocycles. The van der Waals surface area contributed by atoms with Crippen LogP contribution < -0.4 is 10.2 Å². The molecule has 1 fully saturated rings. The third-order valence-corrected chi connectivity index (χ3v) is 4.15. The number of anilines is 1. The average molecular weight is 323 g/mol. The molecule has 4 nitrogen and oxygen atoms in total. The molecule has 1 N–H and O–H groups in total. The van der Waals surface area contributed by atoms with Gasteiger partial charge in [0.15, 0.2) is 0 Å². The van der Waals surface area contributed by atoms with Crippen LogP contribution in [0.1, 0.15) is 17.5 Å². The first-order chi connectivity index (χ1) is 11.8. The molecule has 1 amide bonds. The van der Waals surface area contributed by atoms with Crippen LogP contribution in [0.2, 0.25) is 0 Å². The van der Waals surface area contributed by atoms with Crippen molar-refractivity contribution >= 4 is 11.8 Å². The lowest BCUT2D eigenvalue weighted by Crippen LogP contribution is -2.26. The summed E-state index contributed by atoms with van der Waals surface area (Å²) in [6.45, 7) is 3.01. The molecule has 3 rings (SSSR count). The smallest absolute Gasteiger partial charge is 0.407 e. The van der Waals surface area contributed by atoms with E-state index < -0.39 is 0 Å². The highest BCUT2D eigenvalue weighted by atomic mass is 16.5. The molecule has 2 aromatic carbocycles. The van der Waals surface area contributed by atoms with Gasteiger partial charge in [-0.1, -0.05) is 42.5 Å². The van der Waals surface area contributed by atoms with Crippen LogP contribution in [0.3, 0.4) is 0 Å². The topological polar surface area (TPSA) is 41.6 Å². The number of nitrogens with one attached hydrogen (secondary N) is 1. The first-order valence-electron chi connectivity index (χ1n) is 8.41. The number of ether oxygens (including phenoxy) is 1. The molecule has 125 valence electrons. The summed E-state index contributed by atoms with van der Waals surface area (Å²) >= 11 is 0. The zero-order valence-electron chi connectivity index (χ0n) is 13.8. The van der Waals surface area contributed by atoms with Crippen LogP contribution in [-0.2, 0) is 17.8 Å². The molecule has 1 aliphatic rings. The molecule has 4 heteroatoms. The van der Waals surface area contributed by atoms with E-state index in [2.05, 4.69) is 40.9 Å². The molecule has 1 aliphatic heterocycles. The monoisotopic (exact) mass is 323 g/mol. The largest absolute Gasteiger partial charge is 0.445 e. The first-order valence-corrected chi connectivity index (χ1v) is 8.41. The second-order valence-electron chi connectivity index (χ2n) is 5.93. The van der Waals surface area contributed by atoms with Gasteiger partial charge in [0.1, 0.15) is 6.61 Å². The summed E-state index contributed by atoms with van der Waals surface area (Å²) in [5, 5.41) is 2.79. The van der Waals surface area contributed by atoms with Crippen molar-refractivity contribution in [2.75, 3.05) is 24.5 Å². The van der Waals surface area contributed by atoms with Crippen LogP contribution in [0.5, 0.6) is 0 Å². The van der Waals surface area contributed by atoms with E-state index in [1.54, 1.807) is 0 Å². The summed E-state index contributed by atoms with van der Waals surface area (Å²) in [6.07, 6.45) is 3.89. The van der Waals surface area contributed by atoms with Crippen molar-refractivity contribution < 1.29 is 9.53 Å². The summed E-state index contributed by atoms with van der Waals surface area (Å²) < 4.78 is 5.19. The minimum Gasteiger partial charge on any atom is -0.445 e. The number of rotatable bonds is 6. The minimum atomic E-state index is -0.372. The second-order valence-corrected chi connectivity index (χ2v) is 5.93. The fourth-order valence-corrected chi connectivity index (χ4v) is 2.78. The van der Waals surface area contributed by atoms with Crippen LogP contribution in [-0.4, -0.2) is 25.7 Å². The van der Waals surface area contributed by atoms with Crippen LogP contribution in [0.25, 0.3) is 0 Å². The normalized spacial score (nSPS) is 13.8. The maximum absolute atomic E-state index is 11.7. The standard InChI is InChI=1S/C20H23N2O2/c23-20(24-16-18-6-2-1-3-7-18)21-13-12-17-8-10-19(11-9-17)22-14-4-5-15-22/h1-4,6-11H,5,12-16H2,(H,21,23). The molecule has 1 saturated heterocycles. The third kappa shape index (κ3) is 4.75. The van der Waals surface area contributed by atoms with E-state index >= 15 is 0 Å². The van der Waals surface area contributed by atoms with Crippen molar-refractivity contribution in [3.8, 4) is 0 Å². The number of benzene rings is 2. The van der Waals surface area contributed by atoms with E-state index in [1.165, 1.54) is 11.3 Å². The average Bonchev–Trinajstić information content (AvgIpc) is 3.16. The molecule has 0 atom stereocenters. The van der Waals surface area contributed by atoms with Gasteiger partial charge in [0, 0.05) is 25.3 Å². The Morgan fingerprint density at radius 1 is 1.04 bits per heavy atom. The quantitative estimate of drug-likeness (QED) is 0.883. The summed E-state index contributed by atoms with van der Waals surface area (Å²) in [5.41, 5.74) is 3.47. The maximum atomic E-state index is 11.7. The fraction of sp³-hybridized carbons (Fsp3) is 0.300. The molecule has 2 aromatic rings. The lowest BCUT2D eigenvalue weighted by atomic mass is 10.1. The Kier molecular flexibility index (Phi) is 5.72. The molecule has 0 aliphatic carbocycles. The SMILES string of the molecule is O=C(NCCc1ccc(N2C[CH]CC2)cc1)OCc1ccccc1. The van der Waals surface area contributed by atoms with Gasteiger partial charge in [-0.15, -0.1) is 0 Å². The number of nitrogens with zero attached hydrogens (tertiary/aromatic N) is 1. The van der Waals surface area contributed by atoms with E-state index in [9.17, 15) is 4.79 Å². The van der Waals surface area contributed by atoms with Gasteiger partial charge in [0.2, 0.25) is 0 Å². The highest BCUT2D eigenvalue weighted by Crippen LogP contribution is 2.20. The van der Waals surface area contributed by atoms with Gasteiger partial charge in [-0.2, -0.15) is 0 Å². The van der Waals surface area contributed by atoms with E-state index in [4.69, 9.17) is 4.74 Å². The van der Waals surface area contributed by atoms with Gasteiger partial charge >= 0.3 is 6.09 Å². The van der Waals surface area contributed by atoms with E-state index in [-0.39, 0.29) is 6.09 Å². The Labute approximate surface area is 143 Å². The van der Waals surface area contributed by atoms with Crippen LogP contribution >= 0.6 is 0 Å². The Morgan fingerprint density at radius 3 is 2.54 bits per heavy atom. The molecule has 0 saturated carbocycles. The van der Waals surface area contributed by atoms with Gasteiger partial charge in [0.05, 0.1) is 0 Å². The third-order valence-electron chi connectivity index (χ3n) is 4.15. The molecule has 0 spiro atoms. The first kappa shape index (κ1) is 16.4. The van der Waals surface area contributed by atoms with Crippen molar-refractivity contribution in [3.63, 3.8) is 0 Å². The number of carbonyl (C=O) groups excluding carboxylic acids is 1. The van der Waals surface area contributed by atoms with E-state index in [0.29, 0.717) is 13.2 Å². The Hall–Kier alpha value is -2.49. The number of hydrogen-bond donors (Lipinski definition) is 1. The van der Waals surface area contributed by atoms with Gasteiger partial charge in [0.25, 0.3) is 0 Å². The van der Waals surface area contributed by atoms with Crippen molar-refractivity contribution in [3.05, 3.63) is 72.1 Å². The van der Waals surface area contributed by atoms with Crippen LogP contribution in [0, 0.1) is 6.42 Å². The fourth-order valence-electron chi connectivity index (χ4n) is 2.78. The molecule has 24 heavy (non-hydrogen) atoms. The van der Waals surface area contributed by atoms with E-state index in [0.717, 1.165) is 31.5 Å². The summed E-state index contributed by atoms with van der Waals surface area (Å²) in [5.74, 6) is 0. The van der Waals surface area contributed by atoms with Crippen LogP contribution in [0.4, 0.5) is 10.5 Å². The summed E-state index contributed by atoms with van der Waals surface area (Å²) in [6, 6.07) is 18.2. The van der Waals surface area contributed by atoms with Crippen molar-refractivity contribution in [1.82, 2.24) is 5.32 Å². The zero-order valence-corrected chi connectivity index (χ0v) is 13.8. The molecular weight excluding hydrogens is 300 g/mol. The van der Waals surface area contributed by atoms with Gasteiger partial charge in [-0.25, -0.2) is 4.79 Å². The molecule has 0 unspecified atom stereocenters. The lowest BCUT2D eigenvalue weighted by molar-refractivity contribution is 0.140. The van der Waals surface area contributed by atoms with Crippen molar-refractivity contribution in [2.45, 2.75) is 19.4 Å². The second kappa shape index (κ2) is 8.39. The van der Waals surface area contributed by atoms with Crippen molar-refractivity contribution in [1.29, 1.82) is 0 Å². The molecule has 0 bridgehead atoms. The summed E-state index contributed by atoms with van der Waals surface area (Å²) in [4.78, 5) is 14.1. The number of hydrogen-bond acceptors (Lipinski definition) is 3. The predicted molar refractivity (Wildman–Crippen MR) is 95.9 cm³/mol. The predicted octanol–water partition coefficient (Wildman–Crippen LogP) is 3.57. The Morgan fingerprint density at radius 2 is 1.83 bits per heavy atom. The highest BCUT2D eigenvalue weighted by Gasteiger charge is 2.12. The molecule has 1 radical (unpaired) electrons. The zero-order chi connectivity index (χ0) is 16.6. The number of carbonyl (C=O) groups is 1. The van der Waals surface area contributed by atoms with Gasteiger partial charge < -0.3 is 15.0 Å². The molecule has 0 aromatic heterocycles. The maximum Gasteiger partial charge on any atom is 0.407 e. The summed E-state index contributed by atoms with van der Waals surface area (Å²) in [7, 11) is 0. The van der Waals surface area contributed by atoms with Gasteiger partial charge in [-0.3, -0.25) is 0 Å². The Bertz CT molecular complexity index is 634. The van der Waals surface area contributed by atoms with E-state index in [1.807, 2.05) is 30.3 Å². The number of alkyl carbamates (subject to hydrolysis) is 1. The minimum absolute atomic E-state index is 0.300. The van der Waals surface area contributed by atoms with Crippen LogP contribution in [0.15, 0.2) is 54.6 Å². The van der Waals surface area contributed by atoms with Gasteiger partial charge in [-0.05, 0) is 42.5 Å². The van der Waals surface area contributed by atoms with Crippen molar-refractivity contribution in [2.24, 2.45) is 0 Å². The Balaban J connectivity index is 1.37. The lowest BCUT2D eigenvalue weighted by Gasteiger charge is -2.17. The highest BCUT2D eigenvalue weighted by molar-refractivity contribution is 5.67. The molecular formula is C20H23N2O2.